The zero-order chi connectivity index (χ0) is 16.5. The molecule has 0 spiro atoms. The molecular weight excluding hydrogens is 376 g/mol. The molecule has 0 bridgehead atoms. The fourth-order valence-electron chi connectivity index (χ4n) is 1.92. The van der Waals surface area contributed by atoms with E-state index in [1.165, 1.54) is 4.88 Å². The number of aryl methyl sites for hydroxylation is 1. The van der Waals surface area contributed by atoms with Crippen LogP contribution in [-0.2, 0) is 6.42 Å². The highest BCUT2D eigenvalue weighted by atomic mass is 79.9. The second-order valence-electron chi connectivity index (χ2n) is 4.85. The minimum absolute atomic E-state index is 0.572. The lowest BCUT2D eigenvalue weighted by Crippen LogP contribution is -2.40. The first-order valence-electron chi connectivity index (χ1n) is 7.41. The molecule has 1 aromatic heterocycles. The monoisotopic (exact) mass is 396 g/mol. The molecule has 0 radical (unpaired) electrons. The Labute approximate surface area is 149 Å². The largest absolute Gasteiger partial charge is 0.492 e. The zero-order valence-electron chi connectivity index (χ0n) is 13.3. The van der Waals surface area contributed by atoms with Gasteiger partial charge in [-0.3, -0.25) is 4.99 Å². The molecule has 0 amide bonds. The van der Waals surface area contributed by atoms with E-state index in [-0.39, 0.29) is 0 Å². The minimum Gasteiger partial charge on any atom is -0.492 e. The Bertz CT molecular complexity index is 645. The van der Waals surface area contributed by atoms with Gasteiger partial charge in [-0.25, -0.2) is 4.98 Å². The van der Waals surface area contributed by atoms with Gasteiger partial charge in [0.1, 0.15) is 12.4 Å². The summed E-state index contributed by atoms with van der Waals surface area (Å²) in [6, 6.07) is 7.81. The van der Waals surface area contributed by atoms with Crippen LogP contribution in [0.4, 0.5) is 0 Å². The summed E-state index contributed by atoms with van der Waals surface area (Å²) >= 11 is 5.16. The van der Waals surface area contributed by atoms with Crippen LogP contribution in [-0.4, -0.2) is 37.7 Å². The number of thiazole rings is 1. The Morgan fingerprint density at radius 2 is 2.17 bits per heavy atom. The molecule has 0 fully saturated rings. The van der Waals surface area contributed by atoms with Crippen molar-refractivity contribution in [3.05, 3.63) is 44.8 Å². The van der Waals surface area contributed by atoms with E-state index in [0.717, 1.165) is 34.2 Å². The van der Waals surface area contributed by atoms with Crippen molar-refractivity contribution < 1.29 is 4.74 Å². The first-order valence-corrected chi connectivity index (χ1v) is 9.02. The van der Waals surface area contributed by atoms with Gasteiger partial charge in [0.2, 0.25) is 0 Å². The number of rotatable bonds is 7. The molecule has 5 nitrogen and oxygen atoms in total. The van der Waals surface area contributed by atoms with Crippen molar-refractivity contribution in [2.45, 2.75) is 13.3 Å². The van der Waals surface area contributed by atoms with Crippen molar-refractivity contribution in [3.8, 4) is 5.75 Å². The molecule has 23 heavy (non-hydrogen) atoms. The topological polar surface area (TPSA) is 58.5 Å². The SMILES string of the molecule is CN=C(NCCOc1cccc(Br)c1)NCCc1ncc(C)s1. The maximum atomic E-state index is 5.67. The number of nitrogens with zero attached hydrogens (tertiary/aromatic N) is 2. The molecule has 0 aliphatic carbocycles. The Hall–Kier alpha value is -1.60. The van der Waals surface area contributed by atoms with Crippen molar-refractivity contribution in [3.63, 3.8) is 0 Å². The van der Waals surface area contributed by atoms with E-state index in [1.54, 1.807) is 18.4 Å². The number of hydrogen-bond donors (Lipinski definition) is 2. The number of halogens is 1. The molecule has 2 aromatic rings. The number of benzene rings is 1. The normalized spacial score (nSPS) is 11.3. The van der Waals surface area contributed by atoms with Gasteiger partial charge in [0.25, 0.3) is 0 Å². The van der Waals surface area contributed by atoms with E-state index in [1.807, 2.05) is 30.5 Å². The fraction of sp³-hybridized carbons (Fsp3) is 0.375. The van der Waals surface area contributed by atoms with Gasteiger partial charge in [-0.1, -0.05) is 22.0 Å². The van der Waals surface area contributed by atoms with Gasteiger partial charge in [-0.15, -0.1) is 11.3 Å². The summed E-state index contributed by atoms with van der Waals surface area (Å²) < 4.78 is 6.69. The molecule has 0 saturated carbocycles. The third-order valence-corrected chi connectivity index (χ3v) is 4.45. The molecule has 0 atom stereocenters. The lowest BCUT2D eigenvalue weighted by Gasteiger charge is -2.12. The van der Waals surface area contributed by atoms with E-state index in [4.69, 9.17) is 4.74 Å². The first kappa shape index (κ1) is 17.7. The molecule has 0 saturated heterocycles. The minimum atomic E-state index is 0.572. The molecule has 124 valence electrons. The highest BCUT2D eigenvalue weighted by Crippen LogP contribution is 2.17. The van der Waals surface area contributed by atoms with Crippen LogP contribution >= 0.6 is 27.3 Å². The fourth-order valence-corrected chi connectivity index (χ4v) is 3.09. The molecule has 0 aliphatic heterocycles. The molecule has 0 aliphatic rings. The molecule has 7 heteroatoms. The summed E-state index contributed by atoms with van der Waals surface area (Å²) in [5.41, 5.74) is 0. The zero-order valence-corrected chi connectivity index (χ0v) is 15.7. The van der Waals surface area contributed by atoms with Crippen LogP contribution in [0.5, 0.6) is 5.75 Å². The van der Waals surface area contributed by atoms with Gasteiger partial charge in [-0.2, -0.15) is 0 Å². The Morgan fingerprint density at radius 1 is 1.35 bits per heavy atom. The first-order chi connectivity index (χ1) is 11.2. The summed E-state index contributed by atoms with van der Waals surface area (Å²) in [6.45, 7) is 4.13. The Balaban J connectivity index is 1.63. The average molecular weight is 397 g/mol. The van der Waals surface area contributed by atoms with E-state index in [2.05, 4.69) is 43.5 Å². The Kier molecular flexibility index (Phi) is 7.35. The summed E-state index contributed by atoms with van der Waals surface area (Å²) in [4.78, 5) is 9.79. The lowest BCUT2D eigenvalue weighted by atomic mass is 10.3. The molecular formula is C16H21BrN4OS. The number of aliphatic imine (C=N–C) groups is 1. The maximum Gasteiger partial charge on any atom is 0.191 e. The van der Waals surface area contributed by atoms with Crippen molar-refractivity contribution in [1.82, 2.24) is 15.6 Å². The highest BCUT2D eigenvalue weighted by Gasteiger charge is 2.01. The molecule has 2 N–H and O–H groups in total. The quantitative estimate of drug-likeness (QED) is 0.429. The second kappa shape index (κ2) is 9.52. The number of nitrogens with one attached hydrogen (secondary N) is 2. The third kappa shape index (κ3) is 6.58. The van der Waals surface area contributed by atoms with Crippen molar-refractivity contribution in [2.75, 3.05) is 26.7 Å². The molecule has 2 rings (SSSR count). The highest BCUT2D eigenvalue weighted by molar-refractivity contribution is 9.10. The smallest absolute Gasteiger partial charge is 0.191 e. The second-order valence-corrected chi connectivity index (χ2v) is 7.08. The van der Waals surface area contributed by atoms with E-state index < -0.39 is 0 Å². The number of guanidine groups is 1. The molecule has 1 heterocycles. The standard InChI is InChI=1S/C16H21BrN4OS/c1-12-11-21-15(23-12)6-7-19-16(18-2)20-8-9-22-14-5-3-4-13(17)10-14/h3-5,10-11H,6-9H2,1-2H3,(H2,18,19,20). The number of ether oxygens (including phenoxy) is 1. The Morgan fingerprint density at radius 3 is 2.87 bits per heavy atom. The van der Waals surface area contributed by atoms with Crippen LogP contribution in [0.15, 0.2) is 39.9 Å². The summed E-state index contributed by atoms with van der Waals surface area (Å²) in [7, 11) is 1.76. The number of hydrogen-bond acceptors (Lipinski definition) is 4. The predicted octanol–water partition coefficient (Wildman–Crippen LogP) is 3.00. The van der Waals surface area contributed by atoms with E-state index >= 15 is 0 Å². The summed E-state index contributed by atoms with van der Waals surface area (Å²) in [6.07, 6.45) is 2.81. The van der Waals surface area contributed by atoms with Crippen LogP contribution in [0.3, 0.4) is 0 Å². The lowest BCUT2D eigenvalue weighted by molar-refractivity contribution is 0.321. The summed E-state index contributed by atoms with van der Waals surface area (Å²) in [5.74, 6) is 1.62. The predicted molar refractivity (Wildman–Crippen MR) is 99.6 cm³/mol. The van der Waals surface area contributed by atoms with Crippen LogP contribution in [0, 0.1) is 6.92 Å². The van der Waals surface area contributed by atoms with Crippen molar-refractivity contribution >= 4 is 33.2 Å². The van der Waals surface area contributed by atoms with Gasteiger partial charge in [0, 0.05) is 35.6 Å². The third-order valence-electron chi connectivity index (χ3n) is 2.98. The molecule has 0 unspecified atom stereocenters. The summed E-state index contributed by atoms with van der Waals surface area (Å²) in [5, 5.41) is 7.65. The van der Waals surface area contributed by atoms with Crippen LogP contribution in [0.25, 0.3) is 0 Å². The van der Waals surface area contributed by atoms with Gasteiger partial charge in [0.05, 0.1) is 11.6 Å². The number of aromatic nitrogens is 1. The van der Waals surface area contributed by atoms with Gasteiger partial charge in [0.15, 0.2) is 5.96 Å². The van der Waals surface area contributed by atoms with Gasteiger partial charge >= 0.3 is 0 Å². The van der Waals surface area contributed by atoms with Crippen LogP contribution < -0.4 is 15.4 Å². The van der Waals surface area contributed by atoms with Crippen molar-refractivity contribution in [2.24, 2.45) is 4.99 Å². The van der Waals surface area contributed by atoms with E-state index in [0.29, 0.717) is 13.2 Å². The van der Waals surface area contributed by atoms with Gasteiger partial charge < -0.3 is 15.4 Å². The van der Waals surface area contributed by atoms with Gasteiger partial charge in [-0.05, 0) is 25.1 Å². The van der Waals surface area contributed by atoms with Crippen LogP contribution in [0.1, 0.15) is 9.88 Å². The van der Waals surface area contributed by atoms with Crippen molar-refractivity contribution in [1.29, 1.82) is 0 Å². The van der Waals surface area contributed by atoms with Crippen LogP contribution in [0.2, 0.25) is 0 Å². The van der Waals surface area contributed by atoms with E-state index in [9.17, 15) is 0 Å². The average Bonchev–Trinajstić information content (AvgIpc) is 2.95. The maximum absolute atomic E-state index is 5.67. The molecule has 1 aromatic carbocycles.